The second-order valence-corrected chi connectivity index (χ2v) is 11.1. The molecule has 2 amide bonds. The lowest BCUT2D eigenvalue weighted by atomic mass is 9.90. The summed E-state index contributed by atoms with van der Waals surface area (Å²) in [5.41, 5.74) is 1.38. The van der Waals surface area contributed by atoms with Crippen molar-refractivity contribution in [1.82, 2.24) is 29.5 Å². The Morgan fingerprint density at radius 2 is 1.75 bits per heavy atom. The van der Waals surface area contributed by atoms with Gasteiger partial charge in [-0.15, -0.1) is 0 Å². The molecule has 4 aromatic rings. The van der Waals surface area contributed by atoms with E-state index in [1.807, 2.05) is 13.0 Å². The quantitative estimate of drug-likeness (QED) is 0.306. The average molecular weight is 606 g/mol. The van der Waals surface area contributed by atoms with Crippen LogP contribution in [0.5, 0.6) is 5.75 Å². The number of benzene rings is 2. The van der Waals surface area contributed by atoms with Crippen LogP contribution < -0.4 is 15.4 Å². The summed E-state index contributed by atoms with van der Waals surface area (Å²) < 4.78 is 35.7. The Kier molecular flexibility index (Phi) is 7.91. The zero-order chi connectivity index (χ0) is 31.0. The van der Waals surface area contributed by atoms with Gasteiger partial charge in [-0.1, -0.05) is 0 Å². The minimum atomic E-state index is -1.34. The molecule has 0 bridgehead atoms. The van der Waals surface area contributed by atoms with Gasteiger partial charge in [0.25, 0.3) is 11.8 Å². The van der Waals surface area contributed by atoms with Crippen molar-refractivity contribution in [2.24, 2.45) is 0 Å². The Labute approximate surface area is 252 Å². The highest BCUT2D eigenvalue weighted by Gasteiger charge is 2.41. The fraction of sp³-hybridized carbons (Fsp3) is 0.355. The fourth-order valence-electron chi connectivity index (χ4n) is 5.84. The molecule has 2 aliphatic heterocycles. The number of anilines is 2. The number of piperazine rings is 1. The summed E-state index contributed by atoms with van der Waals surface area (Å²) in [5, 5.41) is 17.2. The molecule has 230 valence electrons. The molecule has 2 saturated heterocycles. The molecule has 6 rings (SSSR count). The molecule has 2 aromatic carbocycles. The molecule has 4 heterocycles. The monoisotopic (exact) mass is 605 g/mol. The van der Waals surface area contributed by atoms with Crippen LogP contribution >= 0.6 is 0 Å². The van der Waals surface area contributed by atoms with Gasteiger partial charge in [0.1, 0.15) is 5.60 Å². The summed E-state index contributed by atoms with van der Waals surface area (Å²) in [5.74, 6) is -2.31. The van der Waals surface area contributed by atoms with E-state index in [0.717, 1.165) is 5.56 Å². The number of rotatable bonds is 6. The minimum absolute atomic E-state index is 0.0269. The maximum absolute atomic E-state index is 14.8. The predicted octanol–water partition coefficient (Wildman–Crippen LogP) is 3.13. The van der Waals surface area contributed by atoms with Crippen LogP contribution in [0.25, 0.3) is 16.9 Å². The van der Waals surface area contributed by atoms with Crippen LogP contribution in [0.4, 0.5) is 20.3 Å². The van der Waals surface area contributed by atoms with Crippen molar-refractivity contribution in [3.8, 4) is 17.0 Å². The lowest BCUT2D eigenvalue weighted by Crippen LogP contribution is -2.59. The normalized spacial score (nSPS) is 16.7. The first kappa shape index (κ1) is 29.5. The van der Waals surface area contributed by atoms with E-state index in [1.165, 1.54) is 31.6 Å². The number of aliphatic hydroxyl groups is 1. The second kappa shape index (κ2) is 11.8. The number of carbonyl (C=O) groups excluding carboxylic acids is 2. The highest BCUT2D eigenvalue weighted by Crippen LogP contribution is 2.32. The number of nitrogens with zero attached hydrogens (tertiary/aromatic N) is 5. The number of nitrogens with one attached hydrogen (secondary N) is 2. The third kappa shape index (κ3) is 5.33. The first-order valence-corrected chi connectivity index (χ1v) is 14.4. The molecule has 44 heavy (non-hydrogen) atoms. The van der Waals surface area contributed by atoms with Crippen molar-refractivity contribution in [1.29, 1.82) is 0 Å². The number of fused-ring (bicyclic) bond motifs is 1. The summed E-state index contributed by atoms with van der Waals surface area (Å²) in [6.07, 6.45) is 5.35. The van der Waals surface area contributed by atoms with Gasteiger partial charge >= 0.3 is 0 Å². The lowest BCUT2D eigenvalue weighted by Gasteiger charge is -2.40. The Hall–Kier alpha value is -4.62. The third-order valence-electron chi connectivity index (χ3n) is 8.37. The van der Waals surface area contributed by atoms with Crippen molar-refractivity contribution in [2.75, 3.05) is 51.7 Å². The highest BCUT2D eigenvalue weighted by molar-refractivity contribution is 5.96. The van der Waals surface area contributed by atoms with E-state index in [1.54, 1.807) is 32.5 Å². The molecule has 0 aliphatic carbocycles. The molecule has 0 saturated carbocycles. The molecule has 0 spiro atoms. The van der Waals surface area contributed by atoms with E-state index in [9.17, 15) is 23.5 Å². The summed E-state index contributed by atoms with van der Waals surface area (Å²) >= 11 is 0. The molecule has 0 unspecified atom stereocenters. The Morgan fingerprint density at radius 1 is 1.02 bits per heavy atom. The summed E-state index contributed by atoms with van der Waals surface area (Å²) in [6.45, 7) is 4.54. The van der Waals surface area contributed by atoms with E-state index in [0.29, 0.717) is 80.5 Å². The van der Waals surface area contributed by atoms with Crippen LogP contribution in [0.2, 0.25) is 0 Å². The summed E-state index contributed by atoms with van der Waals surface area (Å²) in [7, 11) is 1.27. The molecule has 13 heteroatoms. The summed E-state index contributed by atoms with van der Waals surface area (Å²) in [4.78, 5) is 38.5. The first-order valence-electron chi connectivity index (χ1n) is 14.4. The number of hydrogen-bond acceptors (Lipinski definition) is 8. The molecule has 2 aromatic heterocycles. The number of aromatic nitrogens is 3. The van der Waals surface area contributed by atoms with Crippen molar-refractivity contribution in [3.05, 3.63) is 71.7 Å². The first-order chi connectivity index (χ1) is 21.2. The smallest absolute Gasteiger partial charge is 0.254 e. The van der Waals surface area contributed by atoms with E-state index < -0.39 is 17.2 Å². The molecular weight excluding hydrogens is 572 g/mol. The van der Waals surface area contributed by atoms with Crippen LogP contribution in [0.15, 0.2) is 48.9 Å². The number of amides is 2. The molecule has 11 nitrogen and oxygen atoms in total. The van der Waals surface area contributed by atoms with Crippen molar-refractivity contribution >= 4 is 29.0 Å². The second-order valence-electron chi connectivity index (χ2n) is 11.1. The average Bonchev–Trinajstić information content (AvgIpc) is 3.47. The van der Waals surface area contributed by atoms with Crippen molar-refractivity contribution < 1.29 is 28.2 Å². The van der Waals surface area contributed by atoms with Gasteiger partial charge in [-0.05, 0) is 68.8 Å². The number of halogens is 2. The lowest BCUT2D eigenvalue weighted by molar-refractivity contribution is -0.155. The van der Waals surface area contributed by atoms with E-state index in [2.05, 4.69) is 20.6 Å². The molecule has 2 fully saturated rings. The zero-order valence-corrected chi connectivity index (χ0v) is 24.4. The molecule has 0 radical (unpaired) electrons. The highest BCUT2D eigenvalue weighted by atomic mass is 19.2. The maximum Gasteiger partial charge on any atom is 0.254 e. The van der Waals surface area contributed by atoms with Gasteiger partial charge in [0.2, 0.25) is 5.82 Å². The third-order valence-corrected chi connectivity index (χ3v) is 8.37. The van der Waals surface area contributed by atoms with Crippen LogP contribution in [0, 0.1) is 18.6 Å². The van der Waals surface area contributed by atoms with Crippen LogP contribution in [0.3, 0.4) is 0 Å². The number of ether oxygens (including phenoxy) is 1. The summed E-state index contributed by atoms with van der Waals surface area (Å²) in [6, 6.07) is 8.12. The molecule has 0 atom stereocenters. The molecule has 3 N–H and O–H groups in total. The Morgan fingerprint density at radius 3 is 2.45 bits per heavy atom. The number of methoxy groups -OCH3 is 1. The number of piperidine rings is 1. The largest absolute Gasteiger partial charge is 0.494 e. The van der Waals surface area contributed by atoms with Crippen LogP contribution in [-0.4, -0.2) is 93.1 Å². The van der Waals surface area contributed by atoms with E-state index in [4.69, 9.17) is 4.74 Å². The van der Waals surface area contributed by atoms with Crippen molar-refractivity contribution in [3.63, 3.8) is 0 Å². The van der Waals surface area contributed by atoms with Gasteiger partial charge in [0.05, 0.1) is 19.0 Å². The van der Waals surface area contributed by atoms with E-state index >= 15 is 0 Å². The Balaban J connectivity index is 1.15. The maximum atomic E-state index is 14.8. The van der Waals surface area contributed by atoms with Gasteiger partial charge in [-0.2, -0.15) is 4.39 Å². The predicted molar refractivity (Wildman–Crippen MR) is 159 cm³/mol. The van der Waals surface area contributed by atoms with Crippen molar-refractivity contribution in [2.45, 2.75) is 25.4 Å². The van der Waals surface area contributed by atoms with Gasteiger partial charge < -0.3 is 30.3 Å². The van der Waals surface area contributed by atoms with Gasteiger partial charge in [-0.3, -0.25) is 14.0 Å². The van der Waals surface area contributed by atoms with Gasteiger partial charge in [-0.25, -0.2) is 14.4 Å². The molecule has 2 aliphatic rings. The zero-order valence-electron chi connectivity index (χ0n) is 24.4. The van der Waals surface area contributed by atoms with Gasteiger partial charge in [0.15, 0.2) is 23.0 Å². The van der Waals surface area contributed by atoms with Crippen LogP contribution in [0.1, 0.15) is 28.8 Å². The fourth-order valence-corrected chi connectivity index (χ4v) is 5.84. The SMILES string of the molecule is COc1ccc(-c2cnc3c(Nc4ccc(C(=O)N5CCN(C(=O)C6(O)CCNCC6)CC5)c(C)c4)nccn23)c(F)c1F. The van der Waals surface area contributed by atoms with E-state index in [-0.39, 0.29) is 23.1 Å². The van der Waals surface area contributed by atoms with Crippen LogP contribution in [-0.2, 0) is 4.79 Å². The molecular formula is C31H33F2N7O4. The van der Waals surface area contributed by atoms with Gasteiger partial charge in [0, 0.05) is 55.4 Å². The minimum Gasteiger partial charge on any atom is -0.494 e. The number of aryl methyl sites for hydroxylation is 1. The number of carbonyl (C=O) groups is 2. The number of hydrogen-bond donors (Lipinski definition) is 3. The number of imidazole rings is 1. The Bertz CT molecular complexity index is 1730. The standard InChI is InChI=1S/C31H33F2N7O4/c1-19-17-20(3-4-21(19)29(41)38-13-15-39(16-14-38)30(42)31(43)7-9-34-10-8-31)37-27-28-36-18-23(40(28)12-11-35-27)22-5-6-24(44-2)26(33)25(22)32/h3-6,11-12,17-18,34,43H,7-10,13-16H2,1-2H3,(H,35,37). The topological polar surface area (TPSA) is 124 Å².